The Hall–Kier alpha value is -7.37. The van der Waals surface area contributed by atoms with Crippen LogP contribution >= 0.6 is 77.2 Å². The summed E-state index contributed by atoms with van der Waals surface area (Å²) < 4.78 is 33.9. The quantitative estimate of drug-likeness (QED) is 0.0431. The number of alkyl halides is 1. The predicted octanol–water partition coefficient (Wildman–Crippen LogP) is 10.9. The number of hydrogen-bond acceptors (Lipinski definition) is 21. The van der Waals surface area contributed by atoms with Crippen LogP contribution in [-0.4, -0.2) is 112 Å². The zero-order valence-electron chi connectivity index (χ0n) is 45.7. The Morgan fingerprint density at radius 2 is 1.01 bits per heavy atom. The number of esters is 5. The van der Waals surface area contributed by atoms with E-state index in [1.807, 2.05) is 31.4 Å². The fraction of sp³-hybridized carbons (Fsp3) is 0.315. The topological polar surface area (TPSA) is 320 Å². The van der Waals surface area contributed by atoms with E-state index in [4.69, 9.17) is 50.4 Å². The molecule has 0 bridgehead atoms. The summed E-state index contributed by atoms with van der Waals surface area (Å²) >= 11 is 11.5. The summed E-state index contributed by atoms with van der Waals surface area (Å²) in [5.41, 5.74) is 9.45. The first-order chi connectivity index (χ1) is 38.5. The second-order valence-electron chi connectivity index (χ2n) is 18.8. The van der Waals surface area contributed by atoms with Gasteiger partial charge in [0.1, 0.15) is 34.2 Å². The van der Waals surface area contributed by atoms with E-state index in [1.54, 1.807) is 119 Å². The number of aromatic carboxylic acids is 1. The first-order valence-corrected chi connectivity index (χ1v) is 29.8. The highest BCUT2D eigenvalue weighted by Gasteiger charge is 2.20. The molecule has 0 aliphatic heterocycles. The van der Waals surface area contributed by atoms with Gasteiger partial charge in [-0.15, -0.1) is 0 Å². The number of hydrogen-bond donors (Lipinski definition) is 5. The first kappa shape index (κ1) is 65.4. The summed E-state index contributed by atoms with van der Waals surface area (Å²) in [5.74, 6) is -3.66. The average Bonchev–Trinajstić information content (AvgIpc) is 4.25. The van der Waals surface area contributed by atoms with E-state index in [9.17, 15) is 33.6 Å². The van der Waals surface area contributed by atoms with E-state index in [0.29, 0.717) is 57.4 Å². The molecule has 5 aromatic heterocycles. The molecule has 0 atom stereocenters. The minimum absolute atomic E-state index is 0.0329. The number of carbonyl (C=O) groups excluding carboxylic acids is 5. The third-order valence-corrected chi connectivity index (χ3v) is 14.8. The van der Waals surface area contributed by atoms with E-state index < -0.39 is 35.4 Å². The van der Waals surface area contributed by atoms with Crippen LogP contribution in [0.4, 0.5) is 5.13 Å². The standard InChI is InChI=1S/C16H20N2O4S.C12H12N2O4S.C10H5BrN2O2S.C10H10N2O2S.C6H11BrO2/c1-5-21-14(20)10-6-7-11-12(8-10)23-15(17)18(11)9-13(19)22-16(2,3)4;1-2-18-11(17)7-3-4-8-9(5-7)19-12(13)14(8)6-10(15)16;11-8-4-13-6-2-1-5(9(14)15)3-7(6)16-10(13)12-8;1-2-14-9(13)6-3-4-7-8(5-6)15-10(11)12-7;1-6(2,3)9-5(8)4-7/h6-8,17H,5,9H2,1-4H3;3-5,13H,2,6H2,1H3,(H,15,16);1-4H,(H,14,15);3-5H,2H2,1H3,(H2,11,12);4H2,1-3H3. The fourth-order valence-electron chi connectivity index (χ4n) is 7.07. The van der Waals surface area contributed by atoms with Gasteiger partial charge in [0, 0.05) is 6.20 Å². The maximum atomic E-state index is 12.0. The predicted molar refractivity (Wildman–Crippen MR) is 322 cm³/mol. The van der Waals surface area contributed by atoms with Crippen molar-refractivity contribution < 1.29 is 67.5 Å². The van der Waals surface area contributed by atoms with Crippen LogP contribution in [0.15, 0.2) is 83.6 Å². The van der Waals surface area contributed by atoms with E-state index in [0.717, 1.165) is 51.6 Å². The van der Waals surface area contributed by atoms with Crippen molar-refractivity contribution in [1.29, 1.82) is 10.8 Å². The lowest BCUT2D eigenvalue weighted by atomic mass is 10.2. The van der Waals surface area contributed by atoms with Crippen LogP contribution in [0.2, 0.25) is 0 Å². The number of nitrogens with two attached hydrogens (primary N) is 1. The van der Waals surface area contributed by atoms with Crippen LogP contribution in [0.5, 0.6) is 0 Å². The van der Waals surface area contributed by atoms with Gasteiger partial charge in [0.25, 0.3) is 0 Å². The van der Waals surface area contributed by atoms with Crippen molar-refractivity contribution in [2.45, 2.75) is 86.6 Å². The second kappa shape index (κ2) is 29.0. The first-order valence-electron chi connectivity index (χ1n) is 24.6. The number of thiazole rings is 4. The second-order valence-corrected chi connectivity index (χ2v) is 24.3. The SMILES string of the molecule is CC(C)(C)OC(=O)CBr.CCOC(=O)c1ccc2c(c1)sc(=N)n2CC(=O)O.CCOC(=O)c1ccc2c(c1)sc(=N)n2CC(=O)OC(C)(C)C.CCOC(=O)c1ccc2nc(N)sc2c1.O=C(O)c1ccc2c(c1)sc1nc(Br)cn12. The Bertz CT molecular complexity index is 3940. The Kier molecular flexibility index (Phi) is 23.2. The van der Waals surface area contributed by atoms with E-state index >= 15 is 0 Å². The number of imidazole rings is 1. The minimum atomic E-state index is -1.01. The number of benzene rings is 4. The third-order valence-electron chi connectivity index (χ3n) is 10.2. The molecule has 28 heteroatoms. The highest BCUT2D eigenvalue weighted by Crippen LogP contribution is 2.29. The number of carboxylic acid groups (broad SMARTS) is 2. The number of carboxylic acids is 2. The zero-order chi connectivity index (χ0) is 60.8. The Morgan fingerprint density at radius 3 is 1.46 bits per heavy atom. The molecular weight excluding hydrogens is 1270 g/mol. The smallest absolute Gasteiger partial charge is 0.338 e. The molecular formula is C54H58Br2N8O14S4. The van der Waals surface area contributed by atoms with Crippen molar-refractivity contribution in [3.63, 3.8) is 0 Å². The fourth-order valence-corrected chi connectivity index (χ4v) is 11.4. The molecule has 436 valence electrons. The van der Waals surface area contributed by atoms with E-state index in [2.05, 4.69) is 41.8 Å². The lowest BCUT2D eigenvalue weighted by Crippen LogP contribution is -2.28. The van der Waals surface area contributed by atoms with Crippen molar-refractivity contribution in [2.75, 3.05) is 30.9 Å². The van der Waals surface area contributed by atoms with Gasteiger partial charge in [-0.2, -0.15) is 0 Å². The normalized spacial score (nSPS) is 11.0. The summed E-state index contributed by atoms with van der Waals surface area (Å²) in [4.78, 5) is 88.5. The zero-order valence-corrected chi connectivity index (χ0v) is 52.2. The van der Waals surface area contributed by atoms with Crippen molar-refractivity contribution in [2.24, 2.45) is 0 Å². The molecule has 22 nitrogen and oxygen atoms in total. The van der Waals surface area contributed by atoms with Gasteiger partial charge in [0.2, 0.25) is 0 Å². The van der Waals surface area contributed by atoms with Crippen molar-refractivity contribution in [1.82, 2.24) is 23.5 Å². The number of carbonyl (C=O) groups is 7. The summed E-state index contributed by atoms with van der Waals surface area (Å²) in [6.07, 6.45) is 1.87. The van der Waals surface area contributed by atoms with E-state index in [-0.39, 0.29) is 45.6 Å². The lowest BCUT2D eigenvalue weighted by molar-refractivity contribution is -0.155. The molecule has 9 rings (SSSR count). The van der Waals surface area contributed by atoms with Crippen molar-refractivity contribution in [3.05, 3.63) is 115 Å². The van der Waals surface area contributed by atoms with Gasteiger partial charge >= 0.3 is 41.8 Å². The maximum Gasteiger partial charge on any atom is 0.338 e. The van der Waals surface area contributed by atoms with Crippen LogP contribution in [0.3, 0.4) is 0 Å². The average molecular weight is 1330 g/mol. The number of ether oxygens (including phenoxy) is 5. The van der Waals surface area contributed by atoms with E-state index in [1.165, 1.54) is 38.6 Å². The Labute approximate surface area is 501 Å². The van der Waals surface area contributed by atoms with Gasteiger partial charge in [-0.25, -0.2) is 29.1 Å². The molecule has 0 fully saturated rings. The molecule has 0 unspecified atom stereocenters. The number of nitrogens with one attached hydrogen (secondary N) is 2. The largest absolute Gasteiger partial charge is 0.480 e. The number of aliphatic carboxylic acids is 1. The Morgan fingerprint density at radius 1 is 0.585 bits per heavy atom. The third kappa shape index (κ3) is 18.6. The molecule has 0 saturated carbocycles. The van der Waals surface area contributed by atoms with Crippen LogP contribution in [0.25, 0.3) is 45.8 Å². The molecule has 9 aromatic rings. The number of anilines is 1. The monoisotopic (exact) mass is 1330 g/mol. The number of nitrogen functional groups attached to an aromatic ring is 1. The van der Waals surface area contributed by atoms with Crippen LogP contribution < -0.4 is 15.3 Å². The summed E-state index contributed by atoms with van der Waals surface area (Å²) in [6, 6.07) is 20.2. The minimum Gasteiger partial charge on any atom is -0.480 e. The van der Waals surface area contributed by atoms with Gasteiger partial charge in [0.05, 0.1) is 82.9 Å². The molecule has 0 aliphatic carbocycles. The highest BCUT2D eigenvalue weighted by molar-refractivity contribution is 9.10. The van der Waals surface area contributed by atoms with Gasteiger partial charge in [-0.05, 0) is 151 Å². The number of rotatable bonds is 12. The van der Waals surface area contributed by atoms with Gasteiger partial charge in [-0.3, -0.25) is 29.6 Å². The van der Waals surface area contributed by atoms with Gasteiger partial charge in [0.15, 0.2) is 19.7 Å². The molecule has 0 spiro atoms. The lowest BCUT2D eigenvalue weighted by Gasteiger charge is -2.19. The van der Waals surface area contributed by atoms with Gasteiger partial charge < -0.3 is 48.8 Å². The van der Waals surface area contributed by atoms with Crippen LogP contribution in [0.1, 0.15) is 104 Å². The molecule has 4 aromatic carbocycles. The van der Waals surface area contributed by atoms with Gasteiger partial charge in [-0.1, -0.05) is 61.3 Å². The number of aromatic nitrogens is 5. The molecule has 0 aliphatic rings. The number of nitrogens with zero attached hydrogens (tertiary/aromatic N) is 5. The van der Waals surface area contributed by atoms with Crippen molar-refractivity contribution in [3.8, 4) is 0 Å². The summed E-state index contributed by atoms with van der Waals surface area (Å²) in [7, 11) is 0. The summed E-state index contributed by atoms with van der Waals surface area (Å²) in [6.45, 7) is 16.9. The molecule has 0 radical (unpaired) electrons. The Balaban J connectivity index is 0.000000193. The molecule has 6 N–H and O–H groups in total. The summed E-state index contributed by atoms with van der Waals surface area (Å²) in [5, 5.41) is 34.3. The molecule has 0 amide bonds. The van der Waals surface area contributed by atoms with Crippen molar-refractivity contribution >= 4 is 170 Å². The molecule has 82 heavy (non-hydrogen) atoms. The number of fused-ring (bicyclic) bond motifs is 6. The van der Waals surface area contributed by atoms with Crippen LogP contribution in [-0.2, 0) is 51.2 Å². The number of halogens is 2. The van der Waals surface area contributed by atoms with Crippen LogP contribution in [0, 0.1) is 10.8 Å². The highest BCUT2D eigenvalue weighted by atomic mass is 79.9. The molecule has 5 heterocycles. The molecule has 0 saturated heterocycles. The maximum absolute atomic E-state index is 12.0.